The molecule has 0 N–H and O–H groups in total. The van der Waals surface area contributed by atoms with E-state index in [9.17, 15) is 0 Å². The van der Waals surface area contributed by atoms with Crippen LogP contribution in [0.2, 0.25) is 0 Å². The van der Waals surface area contributed by atoms with Crippen molar-refractivity contribution in [3.05, 3.63) is 164 Å². The van der Waals surface area contributed by atoms with Crippen LogP contribution in [0.1, 0.15) is 0 Å². The lowest BCUT2D eigenvalue weighted by Gasteiger charge is -2.13. The highest BCUT2D eigenvalue weighted by molar-refractivity contribution is 6.13. The average Bonchev–Trinajstić information content (AvgIpc) is 3.54. The van der Waals surface area contributed by atoms with E-state index in [0.29, 0.717) is 17.5 Å². The Balaban J connectivity index is 1.21. The van der Waals surface area contributed by atoms with Crippen molar-refractivity contribution in [3.8, 4) is 56.4 Å². The van der Waals surface area contributed by atoms with E-state index < -0.39 is 0 Å². The number of nitrogens with zero attached hydrogens (tertiary/aromatic N) is 3. The molecule has 7 aromatic carbocycles. The molecule has 0 atom stereocenters. The molecule has 0 saturated carbocycles. The van der Waals surface area contributed by atoms with Crippen LogP contribution in [-0.4, -0.2) is 15.0 Å². The molecule has 0 aliphatic carbocycles. The molecule has 0 radical (unpaired) electrons. The molecule has 47 heavy (non-hydrogen) atoms. The van der Waals surface area contributed by atoms with Crippen molar-refractivity contribution in [2.75, 3.05) is 0 Å². The quantitative estimate of drug-likeness (QED) is 0.197. The summed E-state index contributed by atoms with van der Waals surface area (Å²) in [6.45, 7) is 0. The molecule has 9 aromatic rings. The SMILES string of the molecule is c1ccc(-c2nc(-c3ccc(-c4cccc5ccccc45)cc3)nc(-c3ccccc3-c3cccc4oc5ccccc5c34)n2)cc1. The Morgan fingerprint density at radius 3 is 1.68 bits per heavy atom. The highest BCUT2D eigenvalue weighted by Crippen LogP contribution is 2.40. The number of hydrogen-bond donors (Lipinski definition) is 0. The van der Waals surface area contributed by atoms with Crippen LogP contribution < -0.4 is 0 Å². The van der Waals surface area contributed by atoms with E-state index in [-0.39, 0.29) is 0 Å². The molecule has 0 amide bonds. The second-order valence-corrected chi connectivity index (χ2v) is 11.6. The summed E-state index contributed by atoms with van der Waals surface area (Å²) < 4.78 is 6.24. The lowest BCUT2D eigenvalue weighted by molar-refractivity contribution is 0.669. The van der Waals surface area contributed by atoms with E-state index in [1.165, 1.54) is 16.3 Å². The first-order valence-corrected chi connectivity index (χ1v) is 15.7. The second kappa shape index (κ2) is 11.2. The van der Waals surface area contributed by atoms with Gasteiger partial charge in [0.15, 0.2) is 17.5 Å². The van der Waals surface area contributed by atoms with Gasteiger partial charge in [-0.05, 0) is 45.2 Å². The van der Waals surface area contributed by atoms with E-state index in [1.54, 1.807) is 0 Å². The number of hydrogen-bond acceptors (Lipinski definition) is 4. The van der Waals surface area contributed by atoms with Gasteiger partial charge in [0.2, 0.25) is 0 Å². The smallest absolute Gasteiger partial charge is 0.164 e. The van der Waals surface area contributed by atoms with Crippen LogP contribution >= 0.6 is 0 Å². The van der Waals surface area contributed by atoms with Crippen LogP contribution in [0.5, 0.6) is 0 Å². The topological polar surface area (TPSA) is 51.8 Å². The van der Waals surface area contributed by atoms with Crippen molar-refractivity contribution in [1.29, 1.82) is 0 Å². The van der Waals surface area contributed by atoms with Gasteiger partial charge in [-0.25, -0.2) is 15.0 Å². The molecule has 4 nitrogen and oxygen atoms in total. The number of furan rings is 1. The average molecular weight is 602 g/mol. The summed E-state index contributed by atoms with van der Waals surface area (Å²) in [4.78, 5) is 15.2. The van der Waals surface area contributed by atoms with Gasteiger partial charge >= 0.3 is 0 Å². The van der Waals surface area contributed by atoms with E-state index in [1.807, 2.05) is 60.7 Å². The highest BCUT2D eigenvalue weighted by Gasteiger charge is 2.19. The number of rotatable bonds is 5. The second-order valence-electron chi connectivity index (χ2n) is 11.6. The molecule has 0 fully saturated rings. The van der Waals surface area contributed by atoms with E-state index in [0.717, 1.165) is 55.3 Å². The first-order valence-electron chi connectivity index (χ1n) is 15.7. The lowest BCUT2D eigenvalue weighted by atomic mass is 9.95. The molecule has 2 heterocycles. The van der Waals surface area contributed by atoms with Gasteiger partial charge in [-0.1, -0.05) is 152 Å². The monoisotopic (exact) mass is 601 g/mol. The summed E-state index contributed by atoms with van der Waals surface area (Å²) >= 11 is 0. The molecule has 9 rings (SSSR count). The Hall–Kier alpha value is -6.39. The van der Waals surface area contributed by atoms with E-state index in [2.05, 4.69) is 103 Å². The summed E-state index contributed by atoms with van der Waals surface area (Å²) in [6, 6.07) is 56.3. The normalized spacial score (nSPS) is 11.4. The van der Waals surface area contributed by atoms with Gasteiger partial charge in [0.1, 0.15) is 11.2 Å². The third-order valence-electron chi connectivity index (χ3n) is 8.77. The van der Waals surface area contributed by atoms with Gasteiger partial charge in [-0.15, -0.1) is 0 Å². The fraction of sp³-hybridized carbons (Fsp3) is 0. The maximum absolute atomic E-state index is 6.24. The Bertz CT molecular complexity index is 2560. The molecule has 0 bridgehead atoms. The standard InChI is InChI=1S/C43H27N3O/c1-2-13-30(14-3-1)41-44-42(31-26-24-29(25-27-31)33-20-10-15-28-12-4-5-16-32(28)33)46-43(45-41)36-18-7-6-17-34(36)35-21-11-23-39-40(35)37-19-8-9-22-38(37)47-39/h1-27H. The first-order chi connectivity index (χ1) is 23.3. The van der Waals surface area contributed by atoms with Gasteiger partial charge in [-0.3, -0.25) is 0 Å². The minimum absolute atomic E-state index is 0.618. The third kappa shape index (κ3) is 4.75. The lowest BCUT2D eigenvalue weighted by Crippen LogP contribution is -2.01. The fourth-order valence-corrected chi connectivity index (χ4v) is 6.53. The number of benzene rings is 7. The molecule has 0 saturated heterocycles. The molecule has 2 aromatic heterocycles. The van der Waals surface area contributed by atoms with Gasteiger partial charge in [0.25, 0.3) is 0 Å². The van der Waals surface area contributed by atoms with E-state index >= 15 is 0 Å². The Kier molecular flexibility index (Phi) is 6.43. The van der Waals surface area contributed by atoms with Gasteiger partial charge in [0, 0.05) is 27.5 Å². The van der Waals surface area contributed by atoms with Crippen molar-refractivity contribution in [1.82, 2.24) is 15.0 Å². The van der Waals surface area contributed by atoms with Crippen LogP contribution in [0.25, 0.3) is 89.1 Å². The summed E-state index contributed by atoms with van der Waals surface area (Å²) in [7, 11) is 0. The molecule has 0 spiro atoms. The van der Waals surface area contributed by atoms with Crippen LogP contribution in [0.15, 0.2) is 168 Å². The molecule has 4 heteroatoms. The summed E-state index contributed by atoms with van der Waals surface area (Å²) in [6.07, 6.45) is 0. The van der Waals surface area contributed by atoms with Crippen LogP contribution in [0, 0.1) is 0 Å². The Labute approximate surface area is 271 Å². The molecular weight excluding hydrogens is 574 g/mol. The van der Waals surface area contributed by atoms with Crippen LogP contribution in [0.4, 0.5) is 0 Å². The largest absolute Gasteiger partial charge is 0.456 e. The highest BCUT2D eigenvalue weighted by atomic mass is 16.3. The zero-order chi connectivity index (χ0) is 31.2. The molecule has 0 unspecified atom stereocenters. The van der Waals surface area contributed by atoms with Crippen LogP contribution in [0.3, 0.4) is 0 Å². The van der Waals surface area contributed by atoms with Crippen molar-refractivity contribution >= 4 is 32.7 Å². The third-order valence-corrected chi connectivity index (χ3v) is 8.77. The molecule has 220 valence electrons. The Morgan fingerprint density at radius 2 is 0.851 bits per heavy atom. The minimum Gasteiger partial charge on any atom is -0.456 e. The zero-order valence-corrected chi connectivity index (χ0v) is 25.3. The minimum atomic E-state index is 0.618. The summed E-state index contributed by atoms with van der Waals surface area (Å²) in [5.74, 6) is 1.87. The van der Waals surface area contributed by atoms with Crippen LogP contribution in [-0.2, 0) is 0 Å². The molecular formula is C43H27N3O. The predicted octanol–water partition coefficient (Wildman–Crippen LogP) is 11.3. The predicted molar refractivity (Wildman–Crippen MR) is 192 cm³/mol. The maximum atomic E-state index is 6.24. The van der Waals surface area contributed by atoms with Crippen molar-refractivity contribution in [3.63, 3.8) is 0 Å². The maximum Gasteiger partial charge on any atom is 0.164 e. The molecule has 0 aliphatic heterocycles. The van der Waals surface area contributed by atoms with Crippen molar-refractivity contribution in [2.24, 2.45) is 0 Å². The van der Waals surface area contributed by atoms with E-state index in [4.69, 9.17) is 19.4 Å². The number of para-hydroxylation sites is 1. The summed E-state index contributed by atoms with van der Waals surface area (Å²) in [5.41, 5.74) is 8.97. The Morgan fingerprint density at radius 1 is 0.319 bits per heavy atom. The van der Waals surface area contributed by atoms with Gasteiger partial charge in [0.05, 0.1) is 0 Å². The van der Waals surface area contributed by atoms with Gasteiger partial charge < -0.3 is 4.42 Å². The zero-order valence-electron chi connectivity index (χ0n) is 25.3. The van der Waals surface area contributed by atoms with Crippen molar-refractivity contribution < 1.29 is 4.42 Å². The number of fused-ring (bicyclic) bond motifs is 4. The number of aromatic nitrogens is 3. The van der Waals surface area contributed by atoms with Gasteiger partial charge in [-0.2, -0.15) is 0 Å². The molecule has 0 aliphatic rings. The first kappa shape index (κ1) is 27.0. The fourth-order valence-electron chi connectivity index (χ4n) is 6.53. The van der Waals surface area contributed by atoms with Crippen molar-refractivity contribution in [2.45, 2.75) is 0 Å². The summed E-state index contributed by atoms with van der Waals surface area (Å²) in [5, 5.41) is 4.62.